The summed E-state index contributed by atoms with van der Waals surface area (Å²) in [6.45, 7) is 4.46. The Hall–Kier alpha value is -2.09. The number of carbonyl (C=O) groups excluding carboxylic acids is 1. The van der Waals surface area contributed by atoms with Crippen molar-refractivity contribution in [3.63, 3.8) is 0 Å². The van der Waals surface area contributed by atoms with E-state index in [2.05, 4.69) is 33.1 Å². The molecule has 2 rings (SSSR count). The maximum Gasteiger partial charge on any atom is 0.271 e. The lowest BCUT2D eigenvalue weighted by Gasteiger charge is -2.12. The molecule has 2 aromatic rings. The van der Waals surface area contributed by atoms with Gasteiger partial charge in [-0.25, -0.2) is 5.43 Å². The van der Waals surface area contributed by atoms with Crippen molar-refractivity contribution in [1.82, 2.24) is 5.43 Å². The molecule has 0 saturated heterocycles. The molecule has 0 bridgehead atoms. The summed E-state index contributed by atoms with van der Waals surface area (Å²) in [6.07, 6.45) is 1.58. The number of nitrogens with one attached hydrogen (secondary N) is 1. The van der Waals surface area contributed by atoms with Crippen molar-refractivity contribution >= 4 is 34.7 Å². The van der Waals surface area contributed by atoms with Gasteiger partial charge in [-0.15, -0.1) is 0 Å². The van der Waals surface area contributed by atoms with Crippen molar-refractivity contribution in [1.29, 1.82) is 0 Å². The minimum Gasteiger partial charge on any atom is -0.493 e. The Balaban J connectivity index is 2.10. The highest BCUT2D eigenvalue weighted by Crippen LogP contribution is 2.33. The molecule has 0 saturated carbocycles. The second-order valence-corrected chi connectivity index (χ2v) is 6.19. The quantitative estimate of drug-likeness (QED) is 0.425. The van der Waals surface area contributed by atoms with E-state index in [1.807, 2.05) is 38.1 Å². The molecule has 0 heterocycles. The fraction of sp³-hybridized carbons (Fsp3) is 0.222. The number of aryl methyl sites for hydroxylation is 1. The number of carbonyl (C=O) groups is 1. The summed E-state index contributed by atoms with van der Waals surface area (Å²) in [4.78, 5) is 12.0. The van der Waals surface area contributed by atoms with Gasteiger partial charge in [0.25, 0.3) is 5.91 Å². The number of rotatable bonds is 6. The van der Waals surface area contributed by atoms with Gasteiger partial charge in [-0.2, -0.15) is 5.10 Å². The highest BCUT2D eigenvalue weighted by atomic mass is 127. The van der Waals surface area contributed by atoms with Crippen LogP contribution in [0.1, 0.15) is 28.4 Å². The molecule has 1 N–H and O–H groups in total. The van der Waals surface area contributed by atoms with Gasteiger partial charge in [0.15, 0.2) is 11.5 Å². The smallest absolute Gasteiger partial charge is 0.271 e. The van der Waals surface area contributed by atoms with Gasteiger partial charge in [-0.3, -0.25) is 4.79 Å². The molecular weight excluding hydrogens is 419 g/mol. The molecular formula is C18H19IN2O3. The van der Waals surface area contributed by atoms with Crippen LogP contribution in [0, 0.1) is 10.5 Å². The van der Waals surface area contributed by atoms with Crippen LogP contribution in [0.4, 0.5) is 0 Å². The highest BCUT2D eigenvalue weighted by molar-refractivity contribution is 14.1. The van der Waals surface area contributed by atoms with Gasteiger partial charge < -0.3 is 9.47 Å². The molecule has 0 aliphatic carbocycles. The molecule has 0 aromatic heterocycles. The van der Waals surface area contributed by atoms with Crippen LogP contribution in [-0.2, 0) is 0 Å². The summed E-state index contributed by atoms with van der Waals surface area (Å²) < 4.78 is 11.8. The summed E-state index contributed by atoms with van der Waals surface area (Å²) in [5.41, 5.74) is 5.00. The molecule has 0 aliphatic rings. The van der Waals surface area contributed by atoms with E-state index < -0.39 is 0 Å². The molecule has 5 nitrogen and oxygen atoms in total. The van der Waals surface area contributed by atoms with E-state index in [9.17, 15) is 4.79 Å². The highest BCUT2D eigenvalue weighted by Gasteiger charge is 2.10. The zero-order valence-electron chi connectivity index (χ0n) is 13.8. The second-order valence-electron chi connectivity index (χ2n) is 5.03. The zero-order valence-corrected chi connectivity index (χ0v) is 16.0. The lowest BCUT2D eigenvalue weighted by Crippen LogP contribution is -2.17. The molecule has 0 spiro atoms. The average molecular weight is 438 g/mol. The molecule has 24 heavy (non-hydrogen) atoms. The summed E-state index contributed by atoms with van der Waals surface area (Å²) in [7, 11) is 1.59. The number of amides is 1. The van der Waals surface area contributed by atoms with Gasteiger partial charge in [0.05, 0.1) is 23.5 Å². The van der Waals surface area contributed by atoms with Crippen LogP contribution < -0.4 is 14.9 Å². The summed E-state index contributed by atoms with van der Waals surface area (Å²) in [5, 5.41) is 4.01. The summed E-state index contributed by atoms with van der Waals surface area (Å²) in [6, 6.07) is 11.0. The first-order chi connectivity index (χ1) is 11.5. The van der Waals surface area contributed by atoms with Crippen LogP contribution in [0.15, 0.2) is 41.5 Å². The van der Waals surface area contributed by atoms with Gasteiger partial charge in [0.2, 0.25) is 0 Å². The van der Waals surface area contributed by atoms with Crippen molar-refractivity contribution in [3.05, 3.63) is 56.7 Å². The third-order valence-electron chi connectivity index (χ3n) is 3.23. The van der Waals surface area contributed by atoms with Crippen molar-refractivity contribution in [2.75, 3.05) is 13.7 Å². The first kappa shape index (κ1) is 18.3. The predicted octanol–water partition coefficient (Wildman–Crippen LogP) is 3.77. The summed E-state index contributed by atoms with van der Waals surface area (Å²) >= 11 is 2.18. The fourth-order valence-corrected chi connectivity index (χ4v) is 2.81. The van der Waals surface area contributed by atoms with E-state index in [0.29, 0.717) is 23.7 Å². The molecule has 0 atom stereocenters. The monoisotopic (exact) mass is 438 g/mol. The van der Waals surface area contributed by atoms with E-state index in [1.165, 1.54) is 0 Å². The first-order valence-corrected chi connectivity index (χ1v) is 8.53. The maximum atomic E-state index is 12.0. The molecule has 126 valence electrons. The van der Waals surface area contributed by atoms with Crippen molar-refractivity contribution in [2.45, 2.75) is 13.8 Å². The number of benzene rings is 2. The molecule has 0 unspecified atom stereocenters. The van der Waals surface area contributed by atoms with Crippen molar-refractivity contribution < 1.29 is 14.3 Å². The van der Waals surface area contributed by atoms with Crippen LogP contribution in [0.5, 0.6) is 11.5 Å². The molecule has 0 fully saturated rings. The Kier molecular flexibility index (Phi) is 6.60. The number of hydrogen-bond acceptors (Lipinski definition) is 4. The summed E-state index contributed by atoms with van der Waals surface area (Å²) in [5.74, 6) is 1.09. The average Bonchev–Trinajstić information content (AvgIpc) is 2.57. The van der Waals surface area contributed by atoms with Crippen LogP contribution in [-0.4, -0.2) is 25.8 Å². The second kappa shape index (κ2) is 8.68. The first-order valence-electron chi connectivity index (χ1n) is 7.45. The van der Waals surface area contributed by atoms with Crippen LogP contribution >= 0.6 is 22.6 Å². The third-order valence-corrected chi connectivity index (χ3v) is 4.04. The number of halogens is 1. The Morgan fingerprint density at radius 2 is 2.00 bits per heavy atom. The molecule has 0 radical (unpaired) electrons. The lowest BCUT2D eigenvalue weighted by atomic mass is 10.1. The van der Waals surface area contributed by atoms with Crippen molar-refractivity contribution in [2.24, 2.45) is 5.10 Å². The standard InChI is InChI=1S/C18H19IN2O3/c1-4-24-17-15(19)9-13(10-16(17)23-3)11-20-21-18(22)14-7-5-12(2)6-8-14/h5-11H,4H2,1-3H3,(H,21,22)/b20-11-. The Bertz CT molecular complexity index is 743. The molecule has 1 amide bonds. The predicted molar refractivity (Wildman–Crippen MR) is 103 cm³/mol. The van der Waals surface area contributed by atoms with E-state index in [4.69, 9.17) is 9.47 Å². The molecule has 2 aromatic carbocycles. The minimum atomic E-state index is -0.251. The van der Waals surface area contributed by atoms with Gasteiger partial charge in [0.1, 0.15) is 0 Å². The number of hydrazone groups is 1. The largest absolute Gasteiger partial charge is 0.493 e. The van der Waals surface area contributed by atoms with Crippen LogP contribution in [0.3, 0.4) is 0 Å². The number of nitrogens with zero attached hydrogens (tertiary/aromatic N) is 1. The number of ether oxygens (including phenoxy) is 2. The Morgan fingerprint density at radius 1 is 1.29 bits per heavy atom. The van der Waals surface area contributed by atoms with E-state index in [0.717, 1.165) is 14.7 Å². The lowest BCUT2D eigenvalue weighted by molar-refractivity contribution is 0.0955. The SMILES string of the molecule is CCOc1c(I)cc(/C=N\NC(=O)c2ccc(C)cc2)cc1OC. The fourth-order valence-electron chi connectivity index (χ4n) is 2.03. The van der Waals surface area contributed by atoms with Gasteiger partial charge in [0, 0.05) is 5.56 Å². The topological polar surface area (TPSA) is 59.9 Å². The van der Waals surface area contributed by atoms with Crippen LogP contribution in [0.25, 0.3) is 0 Å². The van der Waals surface area contributed by atoms with Gasteiger partial charge in [-0.1, -0.05) is 17.7 Å². The van der Waals surface area contributed by atoms with E-state index >= 15 is 0 Å². The normalized spacial score (nSPS) is 10.7. The number of methoxy groups -OCH3 is 1. The number of hydrogen-bond donors (Lipinski definition) is 1. The van der Waals surface area contributed by atoms with Crippen molar-refractivity contribution in [3.8, 4) is 11.5 Å². The Labute approximate surface area is 155 Å². The van der Waals surface area contributed by atoms with E-state index in [-0.39, 0.29) is 5.91 Å². The van der Waals surface area contributed by atoms with E-state index in [1.54, 1.807) is 25.5 Å². The Morgan fingerprint density at radius 3 is 2.62 bits per heavy atom. The van der Waals surface area contributed by atoms with Gasteiger partial charge >= 0.3 is 0 Å². The third kappa shape index (κ3) is 4.70. The molecule has 6 heteroatoms. The van der Waals surface area contributed by atoms with Gasteiger partial charge in [-0.05, 0) is 66.3 Å². The molecule has 0 aliphatic heterocycles. The van der Waals surface area contributed by atoms with Crippen LogP contribution in [0.2, 0.25) is 0 Å². The maximum absolute atomic E-state index is 12.0. The minimum absolute atomic E-state index is 0.251. The zero-order chi connectivity index (χ0) is 17.5.